The summed E-state index contributed by atoms with van der Waals surface area (Å²) in [5, 5.41) is 6.48. The van der Waals surface area contributed by atoms with Crippen LogP contribution in [-0.2, 0) is 0 Å². The molecule has 0 fully saturated rings. The van der Waals surface area contributed by atoms with Gasteiger partial charge in [0.1, 0.15) is 11.2 Å². The van der Waals surface area contributed by atoms with E-state index in [4.69, 9.17) is 19.4 Å². The molecule has 5 nitrogen and oxygen atoms in total. The second-order valence-electron chi connectivity index (χ2n) is 10.5. The normalized spacial score (nSPS) is 11.8. The average molecular weight is 539 g/mol. The summed E-state index contributed by atoms with van der Waals surface area (Å²) >= 11 is 0. The molecule has 0 N–H and O–H groups in total. The minimum absolute atomic E-state index is 0.574. The van der Waals surface area contributed by atoms with Crippen LogP contribution in [0.1, 0.15) is 0 Å². The largest absolute Gasteiger partial charge is 0.455 e. The highest BCUT2D eigenvalue weighted by atomic mass is 16.3. The number of para-hydroxylation sites is 3. The van der Waals surface area contributed by atoms with Crippen molar-refractivity contribution in [3.05, 3.63) is 133 Å². The van der Waals surface area contributed by atoms with Gasteiger partial charge in [-0.25, -0.2) is 4.98 Å². The van der Waals surface area contributed by atoms with Crippen molar-refractivity contribution in [2.24, 2.45) is 0 Å². The van der Waals surface area contributed by atoms with Crippen molar-refractivity contribution in [1.82, 2.24) is 19.5 Å². The van der Waals surface area contributed by atoms with Crippen LogP contribution in [0.4, 0.5) is 0 Å². The molecule has 0 aliphatic carbocycles. The van der Waals surface area contributed by atoms with Crippen LogP contribution in [0.5, 0.6) is 0 Å². The van der Waals surface area contributed by atoms with Crippen molar-refractivity contribution >= 4 is 54.5 Å². The lowest BCUT2D eigenvalue weighted by Gasteiger charge is -2.12. The fraction of sp³-hybridized carbons (Fsp3) is 0. The molecule has 3 heterocycles. The van der Waals surface area contributed by atoms with Gasteiger partial charge in [-0.15, -0.1) is 0 Å². The van der Waals surface area contributed by atoms with E-state index in [0.29, 0.717) is 17.6 Å². The van der Waals surface area contributed by atoms with Gasteiger partial charge >= 0.3 is 0 Å². The fourth-order valence-electron chi connectivity index (χ4n) is 6.18. The summed E-state index contributed by atoms with van der Waals surface area (Å²) in [7, 11) is 0. The Morgan fingerprint density at radius 2 is 1.10 bits per heavy atom. The van der Waals surface area contributed by atoms with Gasteiger partial charge in [-0.3, -0.25) is 4.57 Å². The molecule has 0 aliphatic heterocycles. The van der Waals surface area contributed by atoms with E-state index in [1.54, 1.807) is 0 Å². The van der Waals surface area contributed by atoms with Crippen LogP contribution in [0.15, 0.2) is 138 Å². The molecule has 0 atom stereocenters. The fourth-order valence-corrected chi connectivity index (χ4v) is 6.18. The number of furan rings is 1. The Morgan fingerprint density at radius 1 is 0.500 bits per heavy atom. The minimum atomic E-state index is 0.574. The van der Waals surface area contributed by atoms with Gasteiger partial charge in [0.15, 0.2) is 11.6 Å². The van der Waals surface area contributed by atoms with Gasteiger partial charge in [0, 0.05) is 38.1 Å². The summed E-state index contributed by atoms with van der Waals surface area (Å²) in [4.78, 5) is 15.4. The molecular formula is C37H22N4O. The van der Waals surface area contributed by atoms with Crippen molar-refractivity contribution in [1.29, 1.82) is 0 Å². The van der Waals surface area contributed by atoms with Crippen molar-refractivity contribution in [2.45, 2.75) is 0 Å². The summed E-state index contributed by atoms with van der Waals surface area (Å²) in [6.07, 6.45) is 0. The summed E-state index contributed by atoms with van der Waals surface area (Å²) in [6.45, 7) is 0. The van der Waals surface area contributed by atoms with E-state index >= 15 is 0 Å². The van der Waals surface area contributed by atoms with E-state index in [1.807, 2.05) is 60.7 Å². The number of rotatable bonds is 3. The first-order valence-electron chi connectivity index (χ1n) is 14.0. The molecule has 9 rings (SSSR count). The molecular weight excluding hydrogens is 516 g/mol. The summed E-state index contributed by atoms with van der Waals surface area (Å²) in [6, 6.07) is 45.6. The van der Waals surface area contributed by atoms with Gasteiger partial charge in [-0.05, 0) is 29.7 Å². The SMILES string of the molecule is c1ccc(-c2nc(-c3cc4ccccc4c4oc5ccccc5c34)nc(-n3c4ccccc4c4ccccc43)n2)cc1. The highest BCUT2D eigenvalue weighted by Crippen LogP contribution is 2.41. The summed E-state index contributed by atoms with van der Waals surface area (Å²) in [5.74, 6) is 1.79. The molecule has 42 heavy (non-hydrogen) atoms. The zero-order chi connectivity index (χ0) is 27.6. The Bertz CT molecular complexity index is 2420. The Kier molecular flexibility index (Phi) is 4.83. The first kappa shape index (κ1) is 22.9. The van der Waals surface area contributed by atoms with E-state index in [-0.39, 0.29) is 0 Å². The van der Waals surface area contributed by atoms with E-state index in [2.05, 4.69) is 77.4 Å². The van der Waals surface area contributed by atoms with Crippen molar-refractivity contribution < 1.29 is 4.42 Å². The van der Waals surface area contributed by atoms with Gasteiger partial charge in [0.25, 0.3) is 0 Å². The van der Waals surface area contributed by atoms with E-state index in [9.17, 15) is 0 Å². The molecule has 0 unspecified atom stereocenters. The maximum Gasteiger partial charge on any atom is 0.238 e. The lowest BCUT2D eigenvalue weighted by Crippen LogP contribution is -2.06. The molecule has 0 saturated carbocycles. The topological polar surface area (TPSA) is 56.7 Å². The zero-order valence-electron chi connectivity index (χ0n) is 22.4. The summed E-state index contributed by atoms with van der Waals surface area (Å²) in [5.41, 5.74) is 5.61. The Labute approximate surface area is 240 Å². The highest BCUT2D eigenvalue weighted by molar-refractivity contribution is 6.20. The van der Waals surface area contributed by atoms with Crippen LogP contribution >= 0.6 is 0 Å². The molecule has 0 radical (unpaired) electrons. The number of hydrogen-bond donors (Lipinski definition) is 0. The molecule has 0 bridgehead atoms. The van der Waals surface area contributed by atoms with Crippen LogP contribution in [0.25, 0.3) is 83.2 Å². The number of fused-ring (bicyclic) bond motifs is 8. The van der Waals surface area contributed by atoms with Crippen LogP contribution in [0.2, 0.25) is 0 Å². The smallest absolute Gasteiger partial charge is 0.238 e. The first-order valence-corrected chi connectivity index (χ1v) is 14.0. The molecule has 0 amide bonds. The molecule has 0 spiro atoms. The molecule has 9 aromatic rings. The molecule has 196 valence electrons. The quantitative estimate of drug-likeness (QED) is 0.225. The van der Waals surface area contributed by atoms with Gasteiger partial charge in [-0.1, -0.05) is 109 Å². The Hall–Kier alpha value is -5.81. The standard InChI is InChI=1S/C37H22N4O/c1-2-12-23(13-3-1)35-38-36(40-37(39-35)41-30-19-9-6-16-26(30)27-17-7-10-20-31(27)41)29-22-24-14-4-5-15-25(24)34-33(29)28-18-8-11-21-32(28)42-34/h1-22H. The molecule has 6 aromatic carbocycles. The Balaban J connectivity index is 1.43. The van der Waals surface area contributed by atoms with Crippen LogP contribution in [0, 0.1) is 0 Å². The van der Waals surface area contributed by atoms with Crippen LogP contribution in [0.3, 0.4) is 0 Å². The Morgan fingerprint density at radius 3 is 1.86 bits per heavy atom. The lowest BCUT2D eigenvalue weighted by molar-refractivity contribution is 0.672. The van der Waals surface area contributed by atoms with Gasteiger partial charge < -0.3 is 4.42 Å². The van der Waals surface area contributed by atoms with Gasteiger partial charge in [0.2, 0.25) is 5.95 Å². The molecule has 0 aliphatic rings. The average Bonchev–Trinajstić information content (AvgIpc) is 3.61. The third kappa shape index (κ3) is 3.34. The number of nitrogens with zero attached hydrogens (tertiary/aromatic N) is 4. The van der Waals surface area contributed by atoms with Crippen LogP contribution < -0.4 is 0 Å². The van der Waals surface area contributed by atoms with E-state index in [0.717, 1.165) is 65.6 Å². The number of hydrogen-bond acceptors (Lipinski definition) is 4. The van der Waals surface area contributed by atoms with Crippen molar-refractivity contribution in [3.63, 3.8) is 0 Å². The van der Waals surface area contributed by atoms with Gasteiger partial charge in [-0.2, -0.15) is 9.97 Å². The zero-order valence-corrected chi connectivity index (χ0v) is 22.4. The van der Waals surface area contributed by atoms with Crippen LogP contribution in [-0.4, -0.2) is 19.5 Å². The number of aromatic nitrogens is 4. The maximum absolute atomic E-state index is 6.48. The minimum Gasteiger partial charge on any atom is -0.455 e. The predicted octanol–water partition coefficient (Wildman–Crippen LogP) is 9.36. The lowest BCUT2D eigenvalue weighted by atomic mass is 9.99. The number of benzene rings is 6. The second kappa shape index (κ2) is 8.85. The third-order valence-corrected chi connectivity index (χ3v) is 8.05. The van der Waals surface area contributed by atoms with Gasteiger partial charge in [0.05, 0.1) is 11.0 Å². The van der Waals surface area contributed by atoms with E-state index in [1.165, 1.54) is 0 Å². The van der Waals surface area contributed by atoms with Crippen molar-refractivity contribution in [3.8, 4) is 28.7 Å². The second-order valence-corrected chi connectivity index (χ2v) is 10.5. The first-order chi connectivity index (χ1) is 20.8. The predicted molar refractivity (Wildman–Crippen MR) is 170 cm³/mol. The van der Waals surface area contributed by atoms with E-state index < -0.39 is 0 Å². The summed E-state index contributed by atoms with van der Waals surface area (Å²) < 4.78 is 8.63. The maximum atomic E-state index is 6.48. The third-order valence-electron chi connectivity index (χ3n) is 8.05. The molecule has 0 saturated heterocycles. The molecule has 5 heteroatoms. The monoisotopic (exact) mass is 538 g/mol. The highest BCUT2D eigenvalue weighted by Gasteiger charge is 2.21. The molecule has 3 aromatic heterocycles. The van der Waals surface area contributed by atoms with Crippen molar-refractivity contribution in [2.75, 3.05) is 0 Å².